The van der Waals surface area contributed by atoms with Gasteiger partial charge in [-0.2, -0.15) is 4.31 Å². The van der Waals surface area contributed by atoms with Gasteiger partial charge in [0.2, 0.25) is 10.0 Å². The van der Waals surface area contributed by atoms with E-state index >= 15 is 0 Å². The Bertz CT molecular complexity index is 1130. The van der Waals surface area contributed by atoms with Crippen LogP contribution in [0.1, 0.15) is 0 Å². The van der Waals surface area contributed by atoms with Gasteiger partial charge in [0.25, 0.3) is 0 Å². The Morgan fingerprint density at radius 1 is 0.935 bits per heavy atom. The average molecular weight is 461 g/mol. The summed E-state index contributed by atoms with van der Waals surface area (Å²) in [5.41, 5.74) is 0. The van der Waals surface area contributed by atoms with E-state index in [1.165, 1.54) is 16.4 Å². The third-order valence-corrected chi connectivity index (χ3v) is 7.58. The SMILES string of the molecule is O=S(=O)(c1ccc(Cl)cc1)N1CCN(C[C@H](O)COc2ccc3ccccc3c2)CC1. The van der Waals surface area contributed by atoms with Crippen molar-refractivity contribution in [1.29, 1.82) is 0 Å². The monoisotopic (exact) mass is 460 g/mol. The van der Waals surface area contributed by atoms with Crippen molar-refractivity contribution < 1.29 is 18.3 Å². The molecule has 3 aromatic carbocycles. The van der Waals surface area contributed by atoms with Crippen LogP contribution in [0.3, 0.4) is 0 Å². The van der Waals surface area contributed by atoms with Crippen molar-refractivity contribution in [3.8, 4) is 5.75 Å². The number of hydrogen-bond acceptors (Lipinski definition) is 5. The molecule has 1 aliphatic rings. The lowest BCUT2D eigenvalue weighted by Crippen LogP contribution is -2.50. The van der Waals surface area contributed by atoms with E-state index in [9.17, 15) is 13.5 Å². The van der Waals surface area contributed by atoms with Crippen LogP contribution in [-0.4, -0.2) is 68.2 Å². The lowest BCUT2D eigenvalue weighted by molar-refractivity contribution is 0.0569. The van der Waals surface area contributed by atoms with Crippen LogP contribution in [0.25, 0.3) is 10.8 Å². The molecule has 31 heavy (non-hydrogen) atoms. The molecule has 164 valence electrons. The molecule has 0 amide bonds. The Hall–Kier alpha value is -2.16. The number of nitrogens with zero attached hydrogens (tertiary/aromatic N) is 2. The molecule has 0 spiro atoms. The van der Waals surface area contributed by atoms with Crippen molar-refractivity contribution >= 4 is 32.4 Å². The quantitative estimate of drug-likeness (QED) is 0.586. The minimum absolute atomic E-state index is 0.182. The summed E-state index contributed by atoms with van der Waals surface area (Å²) in [6.07, 6.45) is -0.661. The molecule has 1 saturated heterocycles. The molecule has 0 saturated carbocycles. The highest BCUT2D eigenvalue weighted by Crippen LogP contribution is 2.22. The zero-order valence-electron chi connectivity index (χ0n) is 17.0. The van der Waals surface area contributed by atoms with Crippen LogP contribution < -0.4 is 4.74 Å². The van der Waals surface area contributed by atoms with Crippen molar-refractivity contribution in [3.63, 3.8) is 0 Å². The zero-order valence-corrected chi connectivity index (χ0v) is 18.6. The summed E-state index contributed by atoms with van der Waals surface area (Å²) in [4.78, 5) is 2.30. The summed E-state index contributed by atoms with van der Waals surface area (Å²) in [5.74, 6) is 0.719. The van der Waals surface area contributed by atoms with Crippen molar-refractivity contribution in [3.05, 3.63) is 71.8 Å². The summed E-state index contributed by atoms with van der Waals surface area (Å²) < 4.78 is 32.8. The Kier molecular flexibility index (Phi) is 6.79. The third kappa shape index (κ3) is 5.37. The van der Waals surface area contributed by atoms with E-state index in [4.69, 9.17) is 16.3 Å². The highest BCUT2D eigenvalue weighted by Gasteiger charge is 2.29. The van der Waals surface area contributed by atoms with E-state index in [1.807, 2.05) is 42.5 Å². The van der Waals surface area contributed by atoms with Gasteiger partial charge in [0, 0.05) is 37.7 Å². The molecule has 0 aromatic heterocycles. The molecule has 1 aliphatic heterocycles. The largest absolute Gasteiger partial charge is 0.491 e. The molecule has 1 atom stereocenters. The van der Waals surface area contributed by atoms with Gasteiger partial charge in [-0.25, -0.2) is 8.42 Å². The van der Waals surface area contributed by atoms with Gasteiger partial charge >= 0.3 is 0 Å². The lowest BCUT2D eigenvalue weighted by Gasteiger charge is -2.34. The number of piperazine rings is 1. The van der Waals surface area contributed by atoms with Crippen molar-refractivity contribution in [1.82, 2.24) is 9.21 Å². The highest BCUT2D eigenvalue weighted by atomic mass is 35.5. The molecule has 1 heterocycles. The fourth-order valence-electron chi connectivity index (χ4n) is 3.71. The van der Waals surface area contributed by atoms with Crippen molar-refractivity contribution in [2.24, 2.45) is 0 Å². The first kappa shape index (κ1) is 22.0. The second-order valence-electron chi connectivity index (χ2n) is 7.63. The van der Waals surface area contributed by atoms with E-state index in [1.54, 1.807) is 12.1 Å². The summed E-state index contributed by atoms with van der Waals surface area (Å²) in [5, 5.41) is 13.1. The van der Waals surface area contributed by atoms with E-state index in [-0.39, 0.29) is 11.5 Å². The molecule has 1 fully saturated rings. The van der Waals surface area contributed by atoms with Crippen LogP contribution in [0.15, 0.2) is 71.6 Å². The Morgan fingerprint density at radius 2 is 1.61 bits per heavy atom. The standard InChI is InChI=1S/C23H25ClN2O4S/c24-20-6-9-23(10-7-20)31(28,29)26-13-11-25(12-14-26)16-21(27)17-30-22-8-5-18-3-1-2-4-19(18)15-22/h1-10,15,21,27H,11-14,16-17H2/t21-/m0/s1. The normalized spacial score (nSPS) is 17.0. The Labute approximate surface area is 187 Å². The molecular weight excluding hydrogens is 436 g/mol. The van der Waals surface area contributed by atoms with Gasteiger partial charge < -0.3 is 9.84 Å². The van der Waals surface area contributed by atoms with Crippen molar-refractivity contribution in [2.45, 2.75) is 11.0 Å². The predicted molar refractivity (Wildman–Crippen MR) is 122 cm³/mol. The van der Waals surface area contributed by atoms with Crippen LogP contribution in [0.4, 0.5) is 0 Å². The van der Waals surface area contributed by atoms with E-state index in [2.05, 4.69) is 4.90 Å². The first-order valence-corrected chi connectivity index (χ1v) is 12.0. The lowest BCUT2D eigenvalue weighted by atomic mass is 10.1. The number of aliphatic hydroxyl groups is 1. The number of aliphatic hydroxyl groups excluding tert-OH is 1. The van der Waals surface area contributed by atoms with Gasteiger partial charge in [0.15, 0.2) is 0 Å². The smallest absolute Gasteiger partial charge is 0.243 e. The molecule has 0 radical (unpaired) electrons. The van der Waals surface area contributed by atoms with Crippen LogP contribution >= 0.6 is 11.6 Å². The van der Waals surface area contributed by atoms with Gasteiger partial charge in [-0.15, -0.1) is 0 Å². The molecular formula is C23H25ClN2O4S. The minimum atomic E-state index is -3.53. The zero-order chi connectivity index (χ0) is 21.8. The molecule has 0 bridgehead atoms. The van der Waals surface area contributed by atoms with Gasteiger partial charge in [0.05, 0.1) is 4.90 Å². The predicted octanol–water partition coefficient (Wildman–Crippen LogP) is 3.24. The molecule has 6 nitrogen and oxygen atoms in total. The number of β-amino-alcohol motifs (C(OH)–C–C–N with tert-alkyl or cyclic N) is 1. The molecule has 8 heteroatoms. The van der Waals surface area contributed by atoms with Gasteiger partial charge in [-0.3, -0.25) is 4.90 Å². The van der Waals surface area contributed by atoms with Crippen LogP contribution in [-0.2, 0) is 10.0 Å². The Morgan fingerprint density at radius 3 is 2.32 bits per heavy atom. The Balaban J connectivity index is 1.26. The maximum absolute atomic E-state index is 12.8. The van der Waals surface area contributed by atoms with Gasteiger partial charge in [-0.05, 0) is 47.2 Å². The number of hydrogen-bond donors (Lipinski definition) is 1. The third-order valence-electron chi connectivity index (χ3n) is 5.41. The first-order chi connectivity index (χ1) is 14.9. The highest BCUT2D eigenvalue weighted by molar-refractivity contribution is 7.89. The summed E-state index contributed by atoms with van der Waals surface area (Å²) in [6, 6.07) is 20.1. The second-order valence-corrected chi connectivity index (χ2v) is 10.0. The van der Waals surface area contributed by atoms with Crippen LogP contribution in [0.2, 0.25) is 5.02 Å². The molecule has 0 unspecified atom stereocenters. The minimum Gasteiger partial charge on any atom is -0.491 e. The maximum atomic E-state index is 12.8. The summed E-state index contributed by atoms with van der Waals surface area (Å²) >= 11 is 5.86. The van der Waals surface area contributed by atoms with Gasteiger partial charge in [-0.1, -0.05) is 41.9 Å². The summed E-state index contributed by atoms with van der Waals surface area (Å²) in [7, 11) is -3.53. The van der Waals surface area contributed by atoms with Crippen LogP contribution in [0, 0.1) is 0 Å². The van der Waals surface area contributed by atoms with E-state index in [0.29, 0.717) is 37.7 Å². The number of fused-ring (bicyclic) bond motifs is 1. The van der Waals surface area contributed by atoms with E-state index in [0.717, 1.165) is 16.5 Å². The van der Waals surface area contributed by atoms with Crippen LogP contribution in [0.5, 0.6) is 5.75 Å². The topological polar surface area (TPSA) is 70.1 Å². The molecule has 0 aliphatic carbocycles. The molecule has 3 aromatic rings. The van der Waals surface area contributed by atoms with Gasteiger partial charge in [0.1, 0.15) is 18.5 Å². The fraction of sp³-hybridized carbons (Fsp3) is 0.304. The van der Waals surface area contributed by atoms with Crippen molar-refractivity contribution in [2.75, 3.05) is 39.3 Å². The number of rotatable bonds is 7. The number of benzene rings is 3. The van der Waals surface area contributed by atoms with E-state index < -0.39 is 16.1 Å². The number of halogens is 1. The number of sulfonamides is 1. The maximum Gasteiger partial charge on any atom is 0.243 e. The molecule has 4 rings (SSSR count). The first-order valence-electron chi connectivity index (χ1n) is 10.2. The fourth-order valence-corrected chi connectivity index (χ4v) is 5.26. The molecule has 1 N–H and O–H groups in total. The number of ether oxygens (including phenoxy) is 1. The summed E-state index contributed by atoms with van der Waals surface area (Å²) in [6.45, 7) is 2.48. The second kappa shape index (κ2) is 9.54. The average Bonchev–Trinajstić information content (AvgIpc) is 2.78.